The number of hydrogen-bond donors (Lipinski definition) is 0. The van der Waals surface area contributed by atoms with Crippen LogP contribution in [0.3, 0.4) is 0 Å². The highest BCUT2D eigenvalue weighted by atomic mass is 32.1. The third kappa shape index (κ3) is 4.91. The van der Waals surface area contributed by atoms with Crippen molar-refractivity contribution >= 4 is 23.0 Å². The Kier molecular flexibility index (Phi) is 6.27. The van der Waals surface area contributed by atoms with Crippen LogP contribution in [0.5, 0.6) is 5.75 Å². The SMILES string of the molecule is COc1ccc(C2=NOC(CN(Cc3ccc(F)cc3F)C(=O)c3cccs3)C2)cc1. The standard InChI is InChI=1S/C23H20F2N2O3S/c1-29-18-8-5-15(6-9-18)21-12-19(30-26-21)14-27(23(28)22-3-2-10-31-22)13-16-4-7-17(24)11-20(16)25/h2-11,19H,12-14H2,1H3. The van der Waals surface area contributed by atoms with E-state index in [9.17, 15) is 13.6 Å². The van der Waals surface area contributed by atoms with E-state index in [0.717, 1.165) is 23.1 Å². The third-order valence-electron chi connectivity index (χ3n) is 4.98. The molecule has 0 radical (unpaired) electrons. The number of rotatable bonds is 7. The molecule has 31 heavy (non-hydrogen) atoms. The lowest BCUT2D eigenvalue weighted by Crippen LogP contribution is -2.37. The first-order valence-electron chi connectivity index (χ1n) is 9.67. The molecule has 4 rings (SSSR count). The molecule has 1 atom stereocenters. The summed E-state index contributed by atoms with van der Waals surface area (Å²) in [6.45, 7) is 0.220. The van der Waals surface area contributed by atoms with Gasteiger partial charge in [0.2, 0.25) is 0 Å². The summed E-state index contributed by atoms with van der Waals surface area (Å²) < 4.78 is 32.7. The van der Waals surface area contributed by atoms with Gasteiger partial charge in [0.05, 0.1) is 24.2 Å². The number of ether oxygens (including phenoxy) is 1. The van der Waals surface area contributed by atoms with Crippen LogP contribution in [-0.2, 0) is 11.4 Å². The molecule has 0 N–H and O–H groups in total. The smallest absolute Gasteiger partial charge is 0.264 e. The number of nitrogens with zero attached hydrogens (tertiary/aromatic N) is 2. The van der Waals surface area contributed by atoms with Gasteiger partial charge in [0.15, 0.2) is 6.10 Å². The van der Waals surface area contributed by atoms with Gasteiger partial charge >= 0.3 is 0 Å². The Labute approximate surface area is 182 Å². The predicted octanol–water partition coefficient (Wildman–Crippen LogP) is 4.87. The van der Waals surface area contributed by atoms with E-state index in [2.05, 4.69) is 5.16 Å². The van der Waals surface area contributed by atoms with Gasteiger partial charge < -0.3 is 14.5 Å². The zero-order valence-corrected chi connectivity index (χ0v) is 17.6. The van der Waals surface area contributed by atoms with Gasteiger partial charge in [0.25, 0.3) is 5.91 Å². The third-order valence-corrected chi connectivity index (χ3v) is 5.83. The molecule has 0 fully saturated rings. The molecule has 1 aromatic heterocycles. The molecular formula is C23H20F2N2O3S. The highest BCUT2D eigenvalue weighted by Crippen LogP contribution is 2.23. The number of carbonyl (C=O) groups is 1. The fourth-order valence-electron chi connectivity index (χ4n) is 3.36. The minimum absolute atomic E-state index is 0.000571. The van der Waals surface area contributed by atoms with E-state index in [4.69, 9.17) is 9.57 Å². The molecule has 1 aliphatic heterocycles. The summed E-state index contributed by atoms with van der Waals surface area (Å²) in [6.07, 6.45) is 0.136. The maximum Gasteiger partial charge on any atom is 0.264 e. The monoisotopic (exact) mass is 442 g/mol. The maximum absolute atomic E-state index is 14.2. The summed E-state index contributed by atoms with van der Waals surface area (Å²) >= 11 is 1.31. The molecule has 0 saturated heterocycles. The van der Waals surface area contributed by atoms with E-state index in [-0.39, 0.29) is 30.7 Å². The topological polar surface area (TPSA) is 51.1 Å². The van der Waals surface area contributed by atoms with Crippen molar-refractivity contribution in [3.63, 3.8) is 0 Å². The lowest BCUT2D eigenvalue weighted by Gasteiger charge is -2.24. The highest BCUT2D eigenvalue weighted by molar-refractivity contribution is 7.12. The molecule has 2 aromatic carbocycles. The van der Waals surface area contributed by atoms with Gasteiger partial charge in [-0.15, -0.1) is 11.3 Å². The first kappa shape index (κ1) is 21.0. The van der Waals surface area contributed by atoms with Gasteiger partial charge in [0, 0.05) is 24.6 Å². The summed E-state index contributed by atoms with van der Waals surface area (Å²) in [6, 6.07) is 14.3. The largest absolute Gasteiger partial charge is 0.497 e. The van der Waals surface area contributed by atoms with Gasteiger partial charge in [-0.25, -0.2) is 8.78 Å². The second-order valence-electron chi connectivity index (χ2n) is 7.10. The molecular weight excluding hydrogens is 422 g/mol. The van der Waals surface area contributed by atoms with E-state index < -0.39 is 11.6 Å². The fourth-order valence-corrected chi connectivity index (χ4v) is 4.05. The van der Waals surface area contributed by atoms with Crippen LogP contribution in [0.15, 0.2) is 65.1 Å². The Hall–Kier alpha value is -3.26. The second-order valence-corrected chi connectivity index (χ2v) is 8.04. The van der Waals surface area contributed by atoms with Gasteiger partial charge in [0.1, 0.15) is 17.4 Å². The Balaban J connectivity index is 1.49. The minimum Gasteiger partial charge on any atom is -0.497 e. The van der Waals surface area contributed by atoms with Gasteiger partial charge in [-0.1, -0.05) is 17.3 Å². The van der Waals surface area contributed by atoms with Crippen LogP contribution in [0, 0.1) is 11.6 Å². The van der Waals surface area contributed by atoms with Crippen LogP contribution in [0.25, 0.3) is 0 Å². The molecule has 0 bridgehead atoms. The number of carbonyl (C=O) groups excluding carboxylic acids is 1. The first-order chi connectivity index (χ1) is 15.0. The minimum atomic E-state index is -0.688. The Morgan fingerprint density at radius 1 is 1.23 bits per heavy atom. The highest BCUT2D eigenvalue weighted by Gasteiger charge is 2.28. The Morgan fingerprint density at radius 2 is 2.03 bits per heavy atom. The molecule has 0 saturated carbocycles. The van der Waals surface area contributed by atoms with E-state index in [1.54, 1.807) is 24.6 Å². The predicted molar refractivity (Wildman–Crippen MR) is 114 cm³/mol. The summed E-state index contributed by atoms with van der Waals surface area (Å²) in [5, 5.41) is 5.98. The van der Waals surface area contributed by atoms with Crippen molar-refractivity contribution in [1.82, 2.24) is 4.90 Å². The lowest BCUT2D eigenvalue weighted by molar-refractivity contribution is 0.0406. The maximum atomic E-state index is 14.2. The van der Waals surface area contributed by atoms with Crippen molar-refractivity contribution in [3.8, 4) is 5.75 Å². The number of hydrogen-bond acceptors (Lipinski definition) is 5. The molecule has 5 nitrogen and oxygen atoms in total. The number of oxime groups is 1. The van der Waals surface area contributed by atoms with Crippen LogP contribution < -0.4 is 4.74 Å². The van der Waals surface area contributed by atoms with Crippen molar-refractivity contribution in [2.75, 3.05) is 13.7 Å². The van der Waals surface area contributed by atoms with Gasteiger partial charge in [-0.05, 0) is 47.3 Å². The molecule has 1 unspecified atom stereocenters. The summed E-state index contributed by atoms with van der Waals surface area (Å²) in [4.78, 5) is 20.7. The van der Waals surface area contributed by atoms with Gasteiger partial charge in [-0.3, -0.25) is 4.79 Å². The van der Waals surface area contributed by atoms with Crippen LogP contribution in [0.2, 0.25) is 0 Å². The van der Waals surface area contributed by atoms with Crippen molar-refractivity contribution in [2.45, 2.75) is 19.1 Å². The van der Waals surface area contributed by atoms with Crippen molar-refractivity contribution < 1.29 is 23.1 Å². The van der Waals surface area contributed by atoms with E-state index >= 15 is 0 Å². The normalized spacial score (nSPS) is 15.3. The van der Waals surface area contributed by atoms with Crippen LogP contribution in [-0.4, -0.2) is 36.3 Å². The summed E-state index contributed by atoms with van der Waals surface area (Å²) in [7, 11) is 1.60. The number of benzene rings is 2. The summed E-state index contributed by atoms with van der Waals surface area (Å²) in [5.41, 5.74) is 1.91. The number of halogens is 2. The van der Waals surface area contributed by atoms with Gasteiger partial charge in [-0.2, -0.15) is 0 Å². The second kappa shape index (κ2) is 9.26. The zero-order chi connectivity index (χ0) is 21.8. The van der Waals surface area contributed by atoms with Crippen LogP contribution in [0.1, 0.15) is 27.2 Å². The molecule has 1 aliphatic rings. The molecule has 8 heteroatoms. The van der Waals surface area contributed by atoms with E-state index in [0.29, 0.717) is 11.3 Å². The molecule has 0 spiro atoms. The summed E-state index contributed by atoms with van der Waals surface area (Å²) in [5.74, 6) is -0.838. The molecule has 1 amide bonds. The quantitative estimate of drug-likeness (QED) is 0.525. The van der Waals surface area contributed by atoms with E-state index in [1.807, 2.05) is 24.3 Å². The van der Waals surface area contributed by atoms with E-state index in [1.165, 1.54) is 28.4 Å². The average Bonchev–Trinajstić information content (AvgIpc) is 3.47. The Morgan fingerprint density at radius 3 is 2.71 bits per heavy atom. The van der Waals surface area contributed by atoms with Crippen molar-refractivity contribution in [2.24, 2.45) is 5.16 Å². The average molecular weight is 442 g/mol. The van der Waals surface area contributed by atoms with Crippen molar-refractivity contribution in [1.29, 1.82) is 0 Å². The molecule has 2 heterocycles. The number of amides is 1. The first-order valence-corrected chi connectivity index (χ1v) is 10.6. The Bertz CT molecular complexity index is 1080. The molecule has 160 valence electrons. The lowest BCUT2D eigenvalue weighted by atomic mass is 10.0. The molecule has 3 aromatic rings. The number of thiophene rings is 1. The van der Waals surface area contributed by atoms with Crippen LogP contribution >= 0.6 is 11.3 Å². The number of methoxy groups -OCH3 is 1. The molecule has 0 aliphatic carbocycles. The van der Waals surface area contributed by atoms with Crippen LogP contribution in [0.4, 0.5) is 8.78 Å². The fraction of sp³-hybridized carbons (Fsp3) is 0.217. The van der Waals surface area contributed by atoms with Crippen molar-refractivity contribution in [3.05, 3.63) is 87.6 Å². The zero-order valence-electron chi connectivity index (χ0n) is 16.8.